The molecule has 8 nitrogen and oxygen atoms in total. The van der Waals surface area contributed by atoms with Gasteiger partial charge in [-0.1, -0.05) is 65.3 Å². The summed E-state index contributed by atoms with van der Waals surface area (Å²) in [5.74, 6) is 1.11. The van der Waals surface area contributed by atoms with Crippen LogP contribution in [0.3, 0.4) is 0 Å². The molecular formula is C27H31N5O3. The fourth-order valence-corrected chi connectivity index (χ4v) is 4.78. The van der Waals surface area contributed by atoms with Gasteiger partial charge in [0.1, 0.15) is 0 Å². The van der Waals surface area contributed by atoms with E-state index in [9.17, 15) is 9.59 Å². The first kappa shape index (κ1) is 23.2. The summed E-state index contributed by atoms with van der Waals surface area (Å²) in [6.45, 7) is 6.57. The van der Waals surface area contributed by atoms with Crippen LogP contribution >= 0.6 is 0 Å². The lowest BCUT2D eigenvalue weighted by Gasteiger charge is -2.35. The monoisotopic (exact) mass is 473 g/mol. The third kappa shape index (κ3) is 5.59. The van der Waals surface area contributed by atoms with Crippen LogP contribution in [0, 0.1) is 12.8 Å². The summed E-state index contributed by atoms with van der Waals surface area (Å²) < 4.78 is 5.46. The normalized spacial score (nSPS) is 18.9. The molecule has 0 bridgehead atoms. The fourth-order valence-electron chi connectivity index (χ4n) is 4.78. The second-order valence-corrected chi connectivity index (χ2v) is 9.46. The van der Waals surface area contributed by atoms with Crippen LogP contribution in [0.2, 0.25) is 0 Å². The van der Waals surface area contributed by atoms with Crippen molar-refractivity contribution in [3.8, 4) is 11.4 Å². The molecule has 0 N–H and O–H groups in total. The molecule has 2 amide bonds. The lowest BCUT2D eigenvalue weighted by Crippen LogP contribution is -2.50. The van der Waals surface area contributed by atoms with E-state index >= 15 is 0 Å². The van der Waals surface area contributed by atoms with E-state index in [1.54, 1.807) is 0 Å². The summed E-state index contributed by atoms with van der Waals surface area (Å²) in [7, 11) is 0. The topological polar surface area (TPSA) is 82.8 Å². The third-order valence-corrected chi connectivity index (χ3v) is 6.90. The Labute approximate surface area is 205 Å². The van der Waals surface area contributed by atoms with Crippen molar-refractivity contribution in [2.24, 2.45) is 5.92 Å². The summed E-state index contributed by atoms with van der Waals surface area (Å²) in [6, 6.07) is 18.2. The Kier molecular flexibility index (Phi) is 6.90. The zero-order chi connectivity index (χ0) is 24.2. The molecule has 2 fully saturated rings. The largest absolute Gasteiger partial charge is 0.342 e. The number of rotatable bonds is 7. The molecule has 3 aromatic rings. The highest BCUT2D eigenvalue weighted by molar-refractivity contribution is 5.89. The standard InChI is InChI=1S/C27H31N5O3/c1-20-7-9-22(10-8-20)26-28-24(35-29-26)19-30-13-15-31(16-14-30)27(34)23-17-25(33)32(18-23)12-11-21-5-3-2-4-6-21/h2-10,23H,11-19H2,1H3. The Balaban J connectivity index is 1.09. The molecule has 0 saturated carbocycles. The van der Waals surface area contributed by atoms with Gasteiger partial charge in [0, 0.05) is 51.3 Å². The summed E-state index contributed by atoms with van der Waals surface area (Å²) in [6.07, 6.45) is 1.13. The van der Waals surface area contributed by atoms with Crippen molar-refractivity contribution in [3.05, 3.63) is 71.6 Å². The highest BCUT2D eigenvalue weighted by Crippen LogP contribution is 2.22. The van der Waals surface area contributed by atoms with Gasteiger partial charge in [0.05, 0.1) is 12.5 Å². The Morgan fingerprint density at radius 2 is 1.77 bits per heavy atom. The van der Waals surface area contributed by atoms with Crippen LogP contribution in [0.5, 0.6) is 0 Å². The van der Waals surface area contributed by atoms with Crippen molar-refractivity contribution < 1.29 is 14.1 Å². The van der Waals surface area contributed by atoms with Gasteiger partial charge in [-0.3, -0.25) is 14.5 Å². The molecule has 182 valence electrons. The van der Waals surface area contributed by atoms with Gasteiger partial charge >= 0.3 is 0 Å². The molecule has 0 radical (unpaired) electrons. The number of carbonyl (C=O) groups is 2. The summed E-state index contributed by atoms with van der Waals surface area (Å²) in [4.78, 5) is 36.1. The van der Waals surface area contributed by atoms with E-state index < -0.39 is 0 Å². The second kappa shape index (κ2) is 10.4. The van der Waals surface area contributed by atoms with Gasteiger partial charge in [-0.2, -0.15) is 4.98 Å². The van der Waals surface area contributed by atoms with E-state index in [-0.39, 0.29) is 17.7 Å². The van der Waals surface area contributed by atoms with E-state index in [0.29, 0.717) is 50.9 Å². The number of hydrogen-bond donors (Lipinski definition) is 0. The van der Waals surface area contributed by atoms with Crippen LogP contribution in [0.4, 0.5) is 0 Å². The summed E-state index contributed by atoms with van der Waals surface area (Å²) in [5.41, 5.74) is 3.33. The molecule has 2 aromatic carbocycles. The Hall–Kier alpha value is -3.52. The van der Waals surface area contributed by atoms with Gasteiger partial charge in [0.15, 0.2) is 0 Å². The van der Waals surface area contributed by atoms with Gasteiger partial charge in [-0.25, -0.2) is 0 Å². The van der Waals surface area contributed by atoms with E-state index in [1.165, 1.54) is 11.1 Å². The van der Waals surface area contributed by atoms with Crippen LogP contribution in [0.25, 0.3) is 11.4 Å². The number of nitrogens with zero attached hydrogens (tertiary/aromatic N) is 5. The van der Waals surface area contributed by atoms with Crippen molar-refractivity contribution >= 4 is 11.8 Å². The number of amides is 2. The number of aromatic nitrogens is 2. The maximum Gasteiger partial charge on any atom is 0.241 e. The maximum atomic E-state index is 13.1. The van der Waals surface area contributed by atoms with Crippen molar-refractivity contribution in [1.29, 1.82) is 0 Å². The minimum absolute atomic E-state index is 0.0821. The molecule has 1 atom stereocenters. The maximum absolute atomic E-state index is 13.1. The number of hydrogen-bond acceptors (Lipinski definition) is 6. The lowest BCUT2D eigenvalue weighted by atomic mass is 10.1. The second-order valence-electron chi connectivity index (χ2n) is 9.46. The zero-order valence-corrected chi connectivity index (χ0v) is 20.1. The molecule has 35 heavy (non-hydrogen) atoms. The number of likely N-dealkylation sites (tertiary alicyclic amines) is 1. The molecule has 0 spiro atoms. The van der Waals surface area contributed by atoms with Crippen molar-refractivity contribution in [2.45, 2.75) is 26.3 Å². The average molecular weight is 474 g/mol. The molecule has 5 rings (SSSR count). The van der Waals surface area contributed by atoms with Crippen LogP contribution in [-0.4, -0.2) is 75.9 Å². The van der Waals surface area contributed by atoms with Gasteiger partial charge in [-0.05, 0) is 18.9 Å². The number of carbonyl (C=O) groups excluding carboxylic acids is 2. The van der Waals surface area contributed by atoms with Crippen LogP contribution in [0.15, 0.2) is 59.1 Å². The number of benzene rings is 2. The first-order valence-corrected chi connectivity index (χ1v) is 12.3. The molecule has 1 unspecified atom stereocenters. The smallest absolute Gasteiger partial charge is 0.241 e. The van der Waals surface area contributed by atoms with E-state index in [0.717, 1.165) is 25.1 Å². The van der Waals surface area contributed by atoms with Gasteiger partial charge in [-0.15, -0.1) is 0 Å². The number of aryl methyl sites for hydroxylation is 1. The average Bonchev–Trinajstić information content (AvgIpc) is 3.50. The highest BCUT2D eigenvalue weighted by atomic mass is 16.5. The van der Waals surface area contributed by atoms with Crippen LogP contribution in [-0.2, 0) is 22.6 Å². The SMILES string of the molecule is Cc1ccc(-c2noc(CN3CCN(C(=O)C4CC(=O)N(CCc5ccccc5)C4)CC3)n2)cc1. The molecule has 3 heterocycles. The minimum Gasteiger partial charge on any atom is -0.342 e. The van der Waals surface area contributed by atoms with Gasteiger partial charge in [0.2, 0.25) is 23.5 Å². The minimum atomic E-state index is -0.238. The predicted molar refractivity (Wildman–Crippen MR) is 131 cm³/mol. The Bertz CT molecular complexity index is 1150. The Morgan fingerprint density at radius 3 is 2.51 bits per heavy atom. The van der Waals surface area contributed by atoms with Crippen molar-refractivity contribution in [3.63, 3.8) is 0 Å². The predicted octanol–water partition coefficient (Wildman–Crippen LogP) is 2.78. The highest BCUT2D eigenvalue weighted by Gasteiger charge is 2.37. The van der Waals surface area contributed by atoms with E-state index in [4.69, 9.17) is 4.52 Å². The molecule has 2 aliphatic heterocycles. The third-order valence-electron chi connectivity index (χ3n) is 6.90. The molecule has 2 saturated heterocycles. The summed E-state index contributed by atoms with van der Waals surface area (Å²) >= 11 is 0. The van der Waals surface area contributed by atoms with Crippen LogP contribution in [0.1, 0.15) is 23.4 Å². The first-order chi connectivity index (χ1) is 17.0. The number of piperazine rings is 1. The first-order valence-electron chi connectivity index (χ1n) is 12.3. The van der Waals surface area contributed by atoms with Gasteiger partial charge < -0.3 is 14.3 Å². The zero-order valence-electron chi connectivity index (χ0n) is 20.1. The van der Waals surface area contributed by atoms with Gasteiger partial charge in [0.25, 0.3) is 0 Å². The van der Waals surface area contributed by atoms with E-state index in [2.05, 4.69) is 27.2 Å². The van der Waals surface area contributed by atoms with E-state index in [1.807, 2.05) is 59.2 Å². The van der Waals surface area contributed by atoms with Crippen molar-refractivity contribution in [1.82, 2.24) is 24.8 Å². The molecular weight excluding hydrogens is 442 g/mol. The van der Waals surface area contributed by atoms with Crippen LogP contribution < -0.4 is 0 Å². The lowest BCUT2D eigenvalue weighted by molar-refractivity contribution is -0.137. The molecule has 1 aromatic heterocycles. The molecule has 8 heteroatoms. The summed E-state index contributed by atoms with van der Waals surface area (Å²) in [5, 5.41) is 4.11. The molecule has 0 aliphatic carbocycles. The Morgan fingerprint density at radius 1 is 1.03 bits per heavy atom. The molecule has 2 aliphatic rings. The fraction of sp³-hybridized carbons (Fsp3) is 0.407. The van der Waals surface area contributed by atoms with Crippen molar-refractivity contribution in [2.75, 3.05) is 39.3 Å². The quantitative estimate of drug-likeness (QED) is 0.525.